The van der Waals surface area contributed by atoms with Crippen molar-refractivity contribution in [3.63, 3.8) is 0 Å². The van der Waals surface area contributed by atoms with Crippen molar-refractivity contribution in [1.29, 1.82) is 0 Å². The van der Waals surface area contributed by atoms with Crippen molar-refractivity contribution in [2.45, 2.75) is 61.5 Å². The molecule has 2 aromatic carbocycles. The number of benzene rings is 2. The molecule has 2 aromatic rings. The molecule has 0 saturated heterocycles. The number of aryl methyl sites for hydroxylation is 1. The van der Waals surface area contributed by atoms with E-state index in [9.17, 15) is 21.6 Å². The SMILES string of the molecule is CO[C@@H]1/C=C/CN(S(C)(=O)=O)[C@H](C)C(=O)NS(=O)(=O)c2ccc3c(c2)N(C[C@@H]2CC[C@H]21)C[C@@]1(CCCc2cc(Cl)ccc21)CO3. The highest BCUT2D eigenvalue weighted by molar-refractivity contribution is 7.90. The molecule has 1 saturated carbocycles. The van der Waals surface area contributed by atoms with Gasteiger partial charge in [0.05, 0.1) is 29.5 Å². The molecule has 1 N–H and O–H groups in total. The molecule has 1 amide bonds. The number of carbonyl (C=O) groups is 1. The Balaban J connectivity index is 1.45. The van der Waals surface area contributed by atoms with Crippen LogP contribution in [0.5, 0.6) is 5.75 Å². The number of hydrogen-bond donors (Lipinski definition) is 1. The average molecular weight is 678 g/mol. The van der Waals surface area contributed by atoms with E-state index in [2.05, 4.69) is 15.7 Å². The number of ether oxygens (including phenoxy) is 2. The van der Waals surface area contributed by atoms with Gasteiger partial charge in [-0.1, -0.05) is 29.8 Å². The number of amides is 1. The summed E-state index contributed by atoms with van der Waals surface area (Å²) >= 11 is 6.39. The molecule has 6 rings (SSSR count). The molecule has 2 aliphatic carbocycles. The van der Waals surface area contributed by atoms with Gasteiger partial charge < -0.3 is 14.4 Å². The maximum Gasteiger partial charge on any atom is 0.264 e. The number of fused-ring (bicyclic) bond motifs is 4. The fourth-order valence-electron chi connectivity index (χ4n) is 7.48. The molecule has 1 fully saturated rings. The molecule has 0 radical (unpaired) electrons. The second-order valence-corrected chi connectivity index (χ2v) is 16.9. The summed E-state index contributed by atoms with van der Waals surface area (Å²) in [5.41, 5.74) is 2.75. The van der Waals surface area contributed by atoms with Gasteiger partial charge in [0.2, 0.25) is 10.0 Å². The summed E-state index contributed by atoms with van der Waals surface area (Å²) in [7, 11) is -6.54. The number of anilines is 1. The van der Waals surface area contributed by atoms with Crippen LogP contribution in [0.25, 0.3) is 0 Å². The highest BCUT2D eigenvalue weighted by atomic mass is 35.5. The first kappa shape index (κ1) is 32.3. The third-order valence-corrected chi connectivity index (χ3v) is 12.9. The van der Waals surface area contributed by atoms with Crippen LogP contribution >= 0.6 is 11.6 Å². The van der Waals surface area contributed by atoms with Crippen LogP contribution in [0, 0.1) is 11.8 Å². The van der Waals surface area contributed by atoms with Crippen LogP contribution in [-0.4, -0.2) is 78.8 Å². The summed E-state index contributed by atoms with van der Waals surface area (Å²) in [5, 5.41) is 0.704. The van der Waals surface area contributed by atoms with E-state index in [0.29, 0.717) is 36.2 Å². The van der Waals surface area contributed by atoms with Crippen molar-refractivity contribution in [3.8, 4) is 5.75 Å². The molecule has 5 atom stereocenters. The summed E-state index contributed by atoms with van der Waals surface area (Å²) in [6.07, 6.45) is 9.07. The predicted octanol–water partition coefficient (Wildman–Crippen LogP) is 3.88. The highest BCUT2D eigenvalue weighted by Gasteiger charge is 2.44. The molecular weight excluding hydrogens is 638 g/mol. The van der Waals surface area contributed by atoms with Gasteiger partial charge in [-0.15, -0.1) is 0 Å². The van der Waals surface area contributed by atoms with Gasteiger partial charge in [-0.3, -0.25) is 4.79 Å². The third-order valence-electron chi connectivity index (χ3n) is 10.0. The van der Waals surface area contributed by atoms with E-state index in [1.54, 1.807) is 25.3 Å². The topological polar surface area (TPSA) is 122 Å². The minimum atomic E-state index is -4.34. The highest BCUT2D eigenvalue weighted by Crippen LogP contribution is 2.47. The molecule has 244 valence electrons. The Morgan fingerprint density at radius 3 is 2.67 bits per heavy atom. The van der Waals surface area contributed by atoms with E-state index in [1.165, 1.54) is 24.1 Å². The number of methoxy groups -OCH3 is 1. The van der Waals surface area contributed by atoms with E-state index >= 15 is 0 Å². The van der Waals surface area contributed by atoms with Crippen LogP contribution in [0.2, 0.25) is 5.02 Å². The molecule has 45 heavy (non-hydrogen) atoms. The Hall–Kier alpha value is -2.64. The zero-order valence-corrected chi connectivity index (χ0v) is 28.1. The van der Waals surface area contributed by atoms with Crippen LogP contribution in [0.15, 0.2) is 53.4 Å². The van der Waals surface area contributed by atoms with Crippen LogP contribution in [0.1, 0.15) is 43.7 Å². The van der Waals surface area contributed by atoms with Crippen LogP contribution in [0.4, 0.5) is 5.69 Å². The predicted molar refractivity (Wildman–Crippen MR) is 173 cm³/mol. The lowest BCUT2D eigenvalue weighted by molar-refractivity contribution is -0.122. The second kappa shape index (κ2) is 12.2. The van der Waals surface area contributed by atoms with E-state index in [0.717, 1.165) is 42.7 Å². The normalized spacial score (nSPS) is 31.0. The van der Waals surface area contributed by atoms with Gasteiger partial charge in [0.15, 0.2) is 0 Å². The number of sulfonamides is 2. The molecule has 4 aliphatic rings. The van der Waals surface area contributed by atoms with Crippen molar-refractivity contribution in [1.82, 2.24) is 9.03 Å². The minimum Gasteiger partial charge on any atom is -0.490 e. The van der Waals surface area contributed by atoms with Crippen molar-refractivity contribution >= 4 is 43.2 Å². The Morgan fingerprint density at radius 1 is 1.16 bits per heavy atom. The van der Waals surface area contributed by atoms with E-state index in [1.807, 2.05) is 18.2 Å². The molecular formula is C32H40ClN3O7S2. The smallest absolute Gasteiger partial charge is 0.264 e. The average Bonchev–Trinajstić information content (AvgIpc) is 3.12. The summed E-state index contributed by atoms with van der Waals surface area (Å²) in [4.78, 5) is 15.4. The first-order chi connectivity index (χ1) is 21.3. The van der Waals surface area contributed by atoms with Crippen LogP contribution in [0.3, 0.4) is 0 Å². The second-order valence-electron chi connectivity index (χ2n) is 12.8. The minimum absolute atomic E-state index is 0.0972. The number of nitrogens with zero attached hydrogens (tertiary/aromatic N) is 2. The van der Waals surface area contributed by atoms with Gasteiger partial charge in [-0.25, -0.2) is 21.6 Å². The number of carbonyl (C=O) groups excluding carboxylic acids is 1. The summed E-state index contributed by atoms with van der Waals surface area (Å²) in [5.74, 6) is 0.0611. The number of nitrogens with one attached hydrogen (secondary N) is 1. The Labute approximate surface area is 270 Å². The fraction of sp³-hybridized carbons (Fsp3) is 0.531. The van der Waals surface area contributed by atoms with Crippen molar-refractivity contribution in [2.24, 2.45) is 11.8 Å². The summed E-state index contributed by atoms with van der Waals surface area (Å²) < 4.78 is 67.9. The van der Waals surface area contributed by atoms with Gasteiger partial charge in [0, 0.05) is 37.2 Å². The van der Waals surface area contributed by atoms with Gasteiger partial charge in [-0.05, 0) is 92.3 Å². The lowest BCUT2D eigenvalue weighted by Crippen LogP contribution is -2.50. The monoisotopic (exact) mass is 677 g/mol. The molecule has 2 heterocycles. The number of rotatable bonds is 2. The molecule has 13 heteroatoms. The zero-order chi connectivity index (χ0) is 32.1. The number of halogens is 1. The molecule has 2 aliphatic heterocycles. The summed E-state index contributed by atoms with van der Waals surface area (Å²) in [6.45, 7) is 2.99. The fourth-order valence-corrected chi connectivity index (χ4v) is 9.77. The lowest BCUT2D eigenvalue weighted by atomic mass is 9.68. The molecule has 2 bridgehead atoms. The Kier molecular flexibility index (Phi) is 8.75. The first-order valence-corrected chi connectivity index (χ1v) is 19.1. The molecule has 0 aromatic heterocycles. The molecule has 1 spiro atoms. The van der Waals surface area contributed by atoms with Crippen molar-refractivity contribution in [3.05, 3.63) is 64.7 Å². The van der Waals surface area contributed by atoms with Crippen molar-refractivity contribution < 1.29 is 31.1 Å². The lowest BCUT2D eigenvalue weighted by Gasteiger charge is -2.46. The van der Waals surface area contributed by atoms with Crippen LogP contribution < -0.4 is 14.4 Å². The first-order valence-electron chi connectivity index (χ1n) is 15.3. The van der Waals surface area contributed by atoms with Gasteiger partial charge in [-0.2, -0.15) is 4.31 Å². The van der Waals surface area contributed by atoms with Gasteiger partial charge in [0.1, 0.15) is 11.8 Å². The molecule has 10 nitrogen and oxygen atoms in total. The Morgan fingerprint density at radius 2 is 1.96 bits per heavy atom. The van der Waals surface area contributed by atoms with E-state index < -0.39 is 32.0 Å². The van der Waals surface area contributed by atoms with Gasteiger partial charge in [0.25, 0.3) is 15.9 Å². The standard InChI is InChI=1S/C32H40ClN3O7S2/c1-21-31(37)34-45(40,41)25-10-13-30-28(17-25)35(19-32(20-43-30)14-4-6-22-16-24(33)9-12-27(22)32)18-23-8-11-26(23)29(42-2)7-5-15-36(21)44(3,38)39/h5,7,9-10,12-13,16-17,21,23,26,29H,4,6,8,11,14-15,18-20H2,1-3H3,(H,34,37)/b7-5+/t21-,23+,26-,29-,32+/m1/s1. The van der Waals surface area contributed by atoms with E-state index in [-0.39, 0.29) is 34.8 Å². The molecule has 0 unspecified atom stereocenters. The number of hydrogen-bond acceptors (Lipinski definition) is 8. The van der Waals surface area contributed by atoms with E-state index in [4.69, 9.17) is 21.1 Å². The Bertz CT molecular complexity index is 1730. The van der Waals surface area contributed by atoms with Crippen LogP contribution in [-0.2, 0) is 41.4 Å². The maximum absolute atomic E-state index is 13.6. The maximum atomic E-state index is 13.6. The largest absolute Gasteiger partial charge is 0.490 e. The van der Waals surface area contributed by atoms with Gasteiger partial charge >= 0.3 is 0 Å². The third kappa shape index (κ3) is 6.24. The van der Waals surface area contributed by atoms with Crippen molar-refractivity contribution in [2.75, 3.05) is 44.5 Å². The summed E-state index contributed by atoms with van der Waals surface area (Å²) in [6, 6.07) is 9.46. The zero-order valence-electron chi connectivity index (χ0n) is 25.7. The quantitative estimate of drug-likeness (QED) is 0.476.